The summed E-state index contributed by atoms with van der Waals surface area (Å²) in [5, 5.41) is 5.50. The van der Waals surface area contributed by atoms with Gasteiger partial charge in [-0.2, -0.15) is 0 Å². The normalized spacial score (nSPS) is 16.2. The quantitative estimate of drug-likeness (QED) is 0.532. The highest BCUT2D eigenvalue weighted by molar-refractivity contribution is 5.83. The van der Waals surface area contributed by atoms with Crippen LogP contribution >= 0.6 is 0 Å². The predicted molar refractivity (Wildman–Crippen MR) is 43.3 cm³/mol. The molecule has 0 aliphatic carbocycles. The van der Waals surface area contributed by atoms with Crippen molar-refractivity contribution in [1.82, 2.24) is 15.5 Å². The molecule has 1 saturated heterocycles. The molecule has 5 heteroatoms. The Morgan fingerprint density at radius 2 is 2.33 bits per heavy atom. The average Bonchev–Trinajstić information content (AvgIpc) is 2.51. The van der Waals surface area contributed by atoms with Crippen molar-refractivity contribution in [3.63, 3.8) is 0 Å². The van der Waals surface area contributed by atoms with Gasteiger partial charge in [-0.3, -0.25) is 14.9 Å². The largest absolute Gasteiger partial charge is 0.347 e. The standard InChI is InChI=1S/C7H13N3O2/c1-6(11)9-4-7(12)10-3-2-8-5-10/h8H,2-5H2,1H3,(H,9,11). The molecule has 1 aliphatic heterocycles. The number of nitrogens with zero attached hydrogens (tertiary/aromatic N) is 1. The van der Waals surface area contributed by atoms with Crippen LogP contribution in [0.3, 0.4) is 0 Å². The smallest absolute Gasteiger partial charge is 0.243 e. The van der Waals surface area contributed by atoms with Crippen molar-refractivity contribution in [2.75, 3.05) is 26.3 Å². The van der Waals surface area contributed by atoms with Gasteiger partial charge in [0.2, 0.25) is 11.8 Å². The van der Waals surface area contributed by atoms with Crippen LogP contribution in [0.15, 0.2) is 0 Å². The molecule has 12 heavy (non-hydrogen) atoms. The van der Waals surface area contributed by atoms with Crippen molar-refractivity contribution in [3.8, 4) is 0 Å². The molecule has 68 valence electrons. The minimum atomic E-state index is -0.171. The molecule has 0 aromatic carbocycles. The van der Waals surface area contributed by atoms with Gasteiger partial charge in [-0.1, -0.05) is 0 Å². The second-order valence-electron chi connectivity index (χ2n) is 2.73. The van der Waals surface area contributed by atoms with Crippen LogP contribution in [0.2, 0.25) is 0 Å². The van der Waals surface area contributed by atoms with Gasteiger partial charge >= 0.3 is 0 Å². The van der Waals surface area contributed by atoms with Gasteiger partial charge in [0.15, 0.2) is 0 Å². The molecule has 1 heterocycles. The lowest BCUT2D eigenvalue weighted by molar-refractivity contribution is -0.131. The Hall–Kier alpha value is -1.10. The molecular formula is C7H13N3O2. The summed E-state index contributed by atoms with van der Waals surface area (Å²) >= 11 is 0. The fraction of sp³-hybridized carbons (Fsp3) is 0.714. The van der Waals surface area contributed by atoms with Crippen LogP contribution in [0, 0.1) is 0 Å². The lowest BCUT2D eigenvalue weighted by atomic mass is 10.5. The number of hydrogen-bond donors (Lipinski definition) is 2. The van der Waals surface area contributed by atoms with Crippen molar-refractivity contribution in [1.29, 1.82) is 0 Å². The number of rotatable bonds is 2. The molecule has 2 N–H and O–H groups in total. The lowest BCUT2D eigenvalue weighted by Crippen LogP contribution is -2.38. The summed E-state index contributed by atoms with van der Waals surface area (Å²) in [5.41, 5.74) is 0. The van der Waals surface area contributed by atoms with Crippen molar-refractivity contribution in [3.05, 3.63) is 0 Å². The zero-order valence-electron chi connectivity index (χ0n) is 7.09. The van der Waals surface area contributed by atoms with E-state index in [2.05, 4.69) is 10.6 Å². The third-order valence-corrected chi connectivity index (χ3v) is 1.70. The first-order valence-corrected chi connectivity index (χ1v) is 3.93. The van der Waals surface area contributed by atoms with E-state index in [1.54, 1.807) is 4.90 Å². The molecule has 0 saturated carbocycles. The van der Waals surface area contributed by atoms with E-state index in [0.29, 0.717) is 6.67 Å². The molecule has 0 unspecified atom stereocenters. The van der Waals surface area contributed by atoms with E-state index in [0.717, 1.165) is 13.1 Å². The second-order valence-corrected chi connectivity index (χ2v) is 2.73. The molecule has 0 spiro atoms. The Morgan fingerprint density at radius 1 is 1.58 bits per heavy atom. The molecular weight excluding hydrogens is 158 g/mol. The highest BCUT2D eigenvalue weighted by atomic mass is 16.2. The molecule has 1 aliphatic rings. The monoisotopic (exact) mass is 171 g/mol. The first-order chi connectivity index (χ1) is 5.70. The average molecular weight is 171 g/mol. The summed E-state index contributed by atoms with van der Waals surface area (Å²) in [6.07, 6.45) is 0. The molecule has 0 radical (unpaired) electrons. The van der Waals surface area contributed by atoms with Gasteiger partial charge in [0.1, 0.15) is 0 Å². The van der Waals surface area contributed by atoms with Gasteiger partial charge < -0.3 is 10.2 Å². The molecule has 2 amide bonds. The number of carbonyl (C=O) groups excluding carboxylic acids is 2. The Balaban J connectivity index is 2.23. The summed E-state index contributed by atoms with van der Waals surface area (Å²) in [5.74, 6) is -0.203. The van der Waals surface area contributed by atoms with E-state index in [-0.39, 0.29) is 18.4 Å². The Labute approximate surface area is 71.1 Å². The topological polar surface area (TPSA) is 61.4 Å². The fourth-order valence-electron chi connectivity index (χ4n) is 1.03. The minimum Gasteiger partial charge on any atom is -0.347 e. The first-order valence-electron chi connectivity index (χ1n) is 3.93. The SMILES string of the molecule is CC(=O)NCC(=O)N1CCNC1. The minimum absolute atomic E-state index is 0.0322. The Bertz CT molecular complexity index is 187. The second kappa shape index (κ2) is 4.06. The van der Waals surface area contributed by atoms with Gasteiger partial charge in [-0.25, -0.2) is 0 Å². The van der Waals surface area contributed by atoms with E-state index in [9.17, 15) is 9.59 Å². The van der Waals surface area contributed by atoms with Crippen molar-refractivity contribution in [2.24, 2.45) is 0 Å². The maximum Gasteiger partial charge on any atom is 0.243 e. The molecule has 0 aromatic heterocycles. The van der Waals surface area contributed by atoms with E-state index in [1.807, 2.05) is 0 Å². The molecule has 0 bridgehead atoms. The Morgan fingerprint density at radius 3 is 2.83 bits per heavy atom. The van der Waals surface area contributed by atoms with Crippen LogP contribution in [0.25, 0.3) is 0 Å². The van der Waals surface area contributed by atoms with Crippen molar-refractivity contribution in [2.45, 2.75) is 6.92 Å². The third-order valence-electron chi connectivity index (χ3n) is 1.70. The molecule has 1 rings (SSSR count). The number of nitrogens with one attached hydrogen (secondary N) is 2. The zero-order valence-corrected chi connectivity index (χ0v) is 7.09. The third kappa shape index (κ3) is 2.50. The van der Waals surface area contributed by atoms with E-state index >= 15 is 0 Å². The predicted octanol–water partition coefficient (Wildman–Crippen LogP) is -1.49. The summed E-state index contributed by atoms with van der Waals surface area (Å²) in [6.45, 7) is 3.68. The van der Waals surface area contributed by atoms with E-state index in [4.69, 9.17) is 0 Å². The fourth-order valence-corrected chi connectivity index (χ4v) is 1.03. The highest BCUT2D eigenvalue weighted by Gasteiger charge is 2.16. The summed E-state index contributed by atoms with van der Waals surface area (Å²) in [6, 6.07) is 0. The maximum absolute atomic E-state index is 11.2. The zero-order chi connectivity index (χ0) is 8.97. The number of carbonyl (C=O) groups is 2. The molecule has 0 aromatic rings. The van der Waals surface area contributed by atoms with Crippen molar-refractivity contribution < 1.29 is 9.59 Å². The maximum atomic E-state index is 11.2. The van der Waals surface area contributed by atoms with Crippen LogP contribution < -0.4 is 10.6 Å². The van der Waals surface area contributed by atoms with Crippen LogP contribution in [-0.4, -0.2) is 43.0 Å². The molecule has 5 nitrogen and oxygen atoms in total. The Kier molecular flexibility index (Phi) is 3.04. The highest BCUT2D eigenvalue weighted by Crippen LogP contribution is 1.91. The number of amides is 2. The van der Waals surface area contributed by atoms with Gasteiger partial charge in [0.25, 0.3) is 0 Å². The first kappa shape index (κ1) is 8.99. The van der Waals surface area contributed by atoms with E-state index in [1.165, 1.54) is 6.92 Å². The van der Waals surface area contributed by atoms with Gasteiger partial charge in [0.05, 0.1) is 13.2 Å². The van der Waals surface area contributed by atoms with Gasteiger partial charge in [0, 0.05) is 20.0 Å². The van der Waals surface area contributed by atoms with Crippen LogP contribution in [-0.2, 0) is 9.59 Å². The van der Waals surface area contributed by atoms with Gasteiger partial charge in [-0.15, -0.1) is 0 Å². The summed E-state index contributed by atoms with van der Waals surface area (Å²) < 4.78 is 0. The molecule has 0 atom stereocenters. The molecule has 1 fully saturated rings. The summed E-state index contributed by atoms with van der Waals surface area (Å²) in [7, 11) is 0. The number of hydrogen-bond acceptors (Lipinski definition) is 3. The van der Waals surface area contributed by atoms with Crippen LogP contribution in [0.4, 0.5) is 0 Å². The van der Waals surface area contributed by atoms with E-state index < -0.39 is 0 Å². The van der Waals surface area contributed by atoms with Crippen LogP contribution in [0.5, 0.6) is 0 Å². The summed E-state index contributed by atoms with van der Waals surface area (Å²) in [4.78, 5) is 23.4. The lowest BCUT2D eigenvalue weighted by Gasteiger charge is -2.13. The van der Waals surface area contributed by atoms with Crippen molar-refractivity contribution >= 4 is 11.8 Å². The van der Waals surface area contributed by atoms with Crippen LogP contribution in [0.1, 0.15) is 6.92 Å². The van der Waals surface area contributed by atoms with Gasteiger partial charge in [-0.05, 0) is 0 Å².